The average molecular weight is 382 g/mol. The van der Waals surface area contributed by atoms with Crippen LogP contribution in [0.4, 0.5) is 16.2 Å². The molecule has 28 heavy (non-hydrogen) atoms. The van der Waals surface area contributed by atoms with E-state index in [9.17, 15) is 4.79 Å². The minimum absolute atomic E-state index is 0.219. The number of benzene rings is 2. The largest absolute Gasteiger partial charge is 0.492 e. The molecule has 1 fully saturated rings. The van der Waals surface area contributed by atoms with E-state index >= 15 is 0 Å². The second-order valence-electron chi connectivity index (χ2n) is 7.77. The van der Waals surface area contributed by atoms with Crippen LogP contribution < -0.4 is 20.3 Å². The first kappa shape index (κ1) is 20.1. The Hall–Kier alpha value is -2.69. The number of nitrogens with zero attached hydrogens (tertiary/aromatic N) is 1. The van der Waals surface area contributed by atoms with Crippen molar-refractivity contribution >= 4 is 17.4 Å². The van der Waals surface area contributed by atoms with Crippen molar-refractivity contribution in [1.29, 1.82) is 0 Å². The maximum Gasteiger partial charge on any atom is 0.319 e. The first-order valence-corrected chi connectivity index (χ1v) is 10.1. The summed E-state index contributed by atoms with van der Waals surface area (Å²) in [6, 6.07) is 14.0. The molecule has 1 aliphatic heterocycles. The smallest absolute Gasteiger partial charge is 0.319 e. The third kappa shape index (κ3) is 5.91. The monoisotopic (exact) mass is 381 g/mol. The second kappa shape index (κ2) is 9.49. The van der Waals surface area contributed by atoms with E-state index in [0.29, 0.717) is 13.2 Å². The molecule has 2 amide bonds. The molecule has 2 N–H and O–H groups in total. The fourth-order valence-electron chi connectivity index (χ4n) is 3.55. The Bertz CT molecular complexity index is 761. The van der Waals surface area contributed by atoms with E-state index in [4.69, 9.17) is 4.74 Å². The fourth-order valence-corrected chi connectivity index (χ4v) is 3.55. The van der Waals surface area contributed by atoms with Gasteiger partial charge in [0.2, 0.25) is 0 Å². The molecule has 0 radical (unpaired) electrons. The molecule has 1 heterocycles. The van der Waals surface area contributed by atoms with Gasteiger partial charge in [0.05, 0.1) is 6.54 Å². The lowest BCUT2D eigenvalue weighted by molar-refractivity contribution is 0.247. The van der Waals surface area contributed by atoms with Crippen LogP contribution >= 0.6 is 0 Å². The van der Waals surface area contributed by atoms with Crippen molar-refractivity contribution in [2.75, 3.05) is 36.5 Å². The molecule has 1 saturated heterocycles. The van der Waals surface area contributed by atoms with Gasteiger partial charge in [-0.1, -0.05) is 13.0 Å². The first-order valence-electron chi connectivity index (χ1n) is 10.1. The number of amides is 2. The highest BCUT2D eigenvalue weighted by molar-refractivity contribution is 5.89. The summed E-state index contributed by atoms with van der Waals surface area (Å²) in [5.74, 6) is 1.65. The highest BCUT2D eigenvalue weighted by Crippen LogP contribution is 2.24. The number of urea groups is 1. The number of rotatable bonds is 6. The molecule has 0 saturated carbocycles. The molecule has 0 spiro atoms. The Labute approximate surface area is 168 Å². The highest BCUT2D eigenvalue weighted by Gasteiger charge is 2.15. The van der Waals surface area contributed by atoms with Gasteiger partial charge in [0.15, 0.2) is 0 Å². The highest BCUT2D eigenvalue weighted by atomic mass is 16.5. The van der Waals surface area contributed by atoms with E-state index < -0.39 is 0 Å². The maximum atomic E-state index is 12.1. The first-order chi connectivity index (χ1) is 13.5. The number of aryl methyl sites for hydroxylation is 2. The molecular weight excluding hydrogens is 350 g/mol. The molecule has 0 atom stereocenters. The number of carbonyl (C=O) groups excluding carboxylic acids is 1. The SMILES string of the molecule is Cc1cc(C)cc(OCCNC(=O)Nc2ccc(N3CCC(C)CC3)cc2)c1. The van der Waals surface area contributed by atoms with Crippen LogP contribution in [-0.4, -0.2) is 32.3 Å². The Kier molecular flexibility index (Phi) is 6.80. The standard InChI is InChI=1S/C23H31N3O2/c1-17-8-11-26(12-9-17)21-6-4-20(5-7-21)25-23(27)24-10-13-28-22-15-18(2)14-19(3)16-22/h4-7,14-17H,8-13H2,1-3H3,(H2,24,25,27). The van der Waals surface area contributed by atoms with E-state index in [0.717, 1.165) is 30.4 Å². The second-order valence-corrected chi connectivity index (χ2v) is 7.77. The molecular formula is C23H31N3O2. The van der Waals surface area contributed by atoms with Gasteiger partial charge in [0, 0.05) is 24.5 Å². The van der Waals surface area contributed by atoms with Crippen molar-refractivity contribution in [1.82, 2.24) is 5.32 Å². The van der Waals surface area contributed by atoms with Gasteiger partial charge in [-0.05, 0) is 80.1 Å². The van der Waals surface area contributed by atoms with Crippen molar-refractivity contribution in [2.24, 2.45) is 5.92 Å². The zero-order chi connectivity index (χ0) is 19.9. The Balaban J connectivity index is 1.39. The number of anilines is 2. The van der Waals surface area contributed by atoms with Gasteiger partial charge >= 0.3 is 6.03 Å². The van der Waals surface area contributed by atoms with Crippen LogP contribution in [0, 0.1) is 19.8 Å². The summed E-state index contributed by atoms with van der Waals surface area (Å²) in [5.41, 5.74) is 4.35. The summed E-state index contributed by atoms with van der Waals surface area (Å²) < 4.78 is 5.71. The minimum atomic E-state index is -0.219. The van der Waals surface area contributed by atoms with Gasteiger partial charge in [0.1, 0.15) is 12.4 Å². The molecule has 0 bridgehead atoms. The summed E-state index contributed by atoms with van der Waals surface area (Å²) in [5, 5.41) is 5.70. The number of carbonyl (C=O) groups is 1. The predicted octanol–water partition coefficient (Wildman–Crippen LogP) is 4.74. The quantitative estimate of drug-likeness (QED) is 0.711. The molecule has 0 unspecified atom stereocenters. The van der Waals surface area contributed by atoms with Crippen LogP contribution in [0.3, 0.4) is 0 Å². The number of hydrogen-bond acceptors (Lipinski definition) is 3. The molecule has 0 aromatic heterocycles. The average Bonchev–Trinajstić information content (AvgIpc) is 2.66. The zero-order valence-corrected chi connectivity index (χ0v) is 17.1. The molecule has 2 aromatic rings. The predicted molar refractivity (Wildman–Crippen MR) is 115 cm³/mol. The van der Waals surface area contributed by atoms with Gasteiger partial charge in [0.25, 0.3) is 0 Å². The van der Waals surface area contributed by atoms with E-state index in [1.165, 1.54) is 29.7 Å². The molecule has 0 aliphatic carbocycles. The van der Waals surface area contributed by atoms with Gasteiger partial charge in [-0.15, -0.1) is 0 Å². The van der Waals surface area contributed by atoms with Crippen LogP contribution in [0.15, 0.2) is 42.5 Å². The molecule has 5 heteroatoms. The van der Waals surface area contributed by atoms with Crippen molar-refractivity contribution < 1.29 is 9.53 Å². The van der Waals surface area contributed by atoms with Crippen LogP contribution in [-0.2, 0) is 0 Å². The third-order valence-electron chi connectivity index (χ3n) is 5.13. The lowest BCUT2D eigenvalue weighted by Gasteiger charge is -2.32. The number of nitrogens with one attached hydrogen (secondary N) is 2. The van der Waals surface area contributed by atoms with Crippen LogP contribution in [0.1, 0.15) is 30.9 Å². The van der Waals surface area contributed by atoms with Crippen LogP contribution in [0.5, 0.6) is 5.75 Å². The van der Waals surface area contributed by atoms with Crippen molar-refractivity contribution in [3.63, 3.8) is 0 Å². The fraction of sp³-hybridized carbons (Fsp3) is 0.435. The van der Waals surface area contributed by atoms with E-state index in [1.54, 1.807) is 0 Å². The molecule has 1 aliphatic rings. The van der Waals surface area contributed by atoms with Crippen molar-refractivity contribution in [3.8, 4) is 5.75 Å². The Morgan fingerprint density at radius 3 is 2.36 bits per heavy atom. The minimum Gasteiger partial charge on any atom is -0.492 e. The van der Waals surface area contributed by atoms with Gasteiger partial charge in [-0.25, -0.2) is 4.79 Å². The van der Waals surface area contributed by atoms with Crippen LogP contribution in [0.25, 0.3) is 0 Å². The lowest BCUT2D eigenvalue weighted by Crippen LogP contribution is -2.33. The summed E-state index contributed by atoms with van der Waals surface area (Å²) in [6.45, 7) is 9.50. The summed E-state index contributed by atoms with van der Waals surface area (Å²) in [4.78, 5) is 14.5. The Morgan fingerprint density at radius 1 is 1.07 bits per heavy atom. The summed E-state index contributed by atoms with van der Waals surface area (Å²) >= 11 is 0. The third-order valence-corrected chi connectivity index (χ3v) is 5.13. The number of piperidine rings is 1. The van der Waals surface area contributed by atoms with Crippen LogP contribution in [0.2, 0.25) is 0 Å². The number of hydrogen-bond donors (Lipinski definition) is 2. The molecule has 5 nitrogen and oxygen atoms in total. The summed E-state index contributed by atoms with van der Waals surface area (Å²) in [7, 11) is 0. The van der Waals surface area contributed by atoms with E-state index in [1.807, 2.05) is 38.1 Å². The Morgan fingerprint density at radius 2 is 1.71 bits per heavy atom. The van der Waals surface area contributed by atoms with E-state index in [-0.39, 0.29) is 6.03 Å². The summed E-state index contributed by atoms with van der Waals surface area (Å²) in [6.07, 6.45) is 2.49. The number of ether oxygens (including phenoxy) is 1. The van der Waals surface area contributed by atoms with Crippen molar-refractivity contribution in [3.05, 3.63) is 53.6 Å². The topological polar surface area (TPSA) is 53.6 Å². The van der Waals surface area contributed by atoms with E-state index in [2.05, 4.69) is 40.7 Å². The molecule has 3 rings (SSSR count). The maximum absolute atomic E-state index is 12.1. The van der Waals surface area contributed by atoms with Gasteiger partial charge < -0.3 is 20.3 Å². The van der Waals surface area contributed by atoms with Gasteiger partial charge in [-0.2, -0.15) is 0 Å². The molecule has 150 valence electrons. The zero-order valence-electron chi connectivity index (χ0n) is 17.1. The van der Waals surface area contributed by atoms with Crippen molar-refractivity contribution in [2.45, 2.75) is 33.6 Å². The van der Waals surface area contributed by atoms with Gasteiger partial charge in [-0.3, -0.25) is 0 Å². The normalized spacial score (nSPS) is 14.6. The lowest BCUT2D eigenvalue weighted by atomic mass is 9.99. The molecule has 2 aromatic carbocycles.